The Morgan fingerprint density at radius 1 is 1.39 bits per heavy atom. The molecule has 8 heteroatoms. The van der Waals surface area contributed by atoms with Gasteiger partial charge in [-0.05, 0) is 53.0 Å². The molecule has 1 amide bonds. The number of carbonyl (C=O) groups is 1. The maximum absolute atomic E-state index is 12.7. The number of nitrogens with zero attached hydrogens (tertiary/aromatic N) is 3. The first-order valence-electron chi connectivity index (χ1n) is 9.99. The van der Waals surface area contributed by atoms with Gasteiger partial charge in [-0.15, -0.1) is 0 Å². The van der Waals surface area contributed by atoms with Gasteiger partial charge in [0.2, 0.25) is 0 Å². The van der Waals surface area contributed by atoms with Crippen LogP contribution in [0.25, 0.3) is 16.6 Å². The molecule has 0 aliphatic carbocycles. The van der Waals surface area contributed by atoms with E-state index in [0.717, 1.165) is 23.0 Å². The fraction of sp³-hybridized carbons (Fsp3) is 0.261. The fourth-order valence-electron chi connectivity index (χ4n) is 3.62. The lowest BCUT2D eigenvalue weighted by atomic mass is 9.99. The number of benzene rings is 1. The van der Waals surface area contributed by atoms with E-state index in [-0.39, 0.29) is 12.5 Å². The minimum atomic E-state index is -0.106. The van der Waals surface area contributed by atoms with Gasteiger partial charge in [-0.1, -0.05) is 6.08 Å². The third-order valence-corrected chi connectivity index (χ3v) is 5.73. The third-order valence-electron chi connectivity index (χ3n) is 5.14. The average Bonchev–Trinajstić information content (AvgIpc) is 3.22. The molecule has 0 atom stereocenters. The molecular formula is C23H21BrN4O3. The molecule has 2 aromatic heterocycles. The number of pyridine rings is 1. The van der Waals surface area contributed by atoms with Crippen LogP contribution < -0.4 is 9.47 Å². The van der Waals surface area contributed by atoms with Crippen molar-refractivity contribution in [2.75, 3.05) is 26.3 Å². The summed E-state index contributed by atoms with van der Waals surface area (Å²) in [6.07, 6.45) is 6.59. The molecule has 7 nitrogen and oxygen atoms in total. The summed E-state index contributed by atoms with van der Waals surface area (Å²) in [7, 11) is 0. The molecule has 3 heterocycles. The molecule has 31 heavy (non-hydrogen) atoms. The predicted octanol–water partition coefficient (Wildman–Crippen LogP) is 4.29. The van der Waals surface area contributed by atoms with Crippen LogP contribution in [0, 0.1) is 11.3 Å². The van der Waals surface area contributed by atoms with E-state index in [4.69, 9.17) is 14.7 Å². The van der Waals surface area contributed by atoms with E-state index in [2.05, 4.69) is 38.0 Å². The number of fused-ring (bicyclic) bond motifs is 1. The zero-order valence-corrected chi connectivity index (χ0v) is 18.6. The van der Waals surface area contributed by atoms with Crippen LogP contribution in [0.4, 0.5) is 0 Å². The second kappa shape index (κ2) is 9.23. The zero-order chi connectivity index (χ0) is 21.8. The van der Waals surface area contributed by atoms with Crippen molar-refractivity contribution in [3.05, 3.63) is 58.3 Å². The van der Waals surface area contributed by atoms with E-state index >= 15 is 0 Å². The van der Waals surface area contributed by atoms with E-state index in [9.17, 15) is 4.79 Å². The van der Waals surface area contributed by atoms with Gasteiger partial charge in [0.25, 0.3) is 5.91 Å². The van der Waals surface area contributed by atoms with Crippen molar-refractivity contribution in [1.82, 2.24) is 14.9 Å². The van der Waals surface area contributed by atoms with Crippen molar-refractivity contribution < 1.29 is 14.3 Å². The SMILES string of the molecule is CCOc1cc(C#N)cc(Br)c1OCC(=O)N1CC=C(c2c[nH]c3ncccc23)CC1. The maximum Gasteiger partial charge on any atom is 0.260 e. The monoisotopic (exact) mass is 480 g/mol. The molecule has 1 aliphatic heterocycles. The normalized spacial score (nSPS) is 13.6. The van der Waals surface area contributed by atoms with Crippen LogP contribution in [0.1, 0.15) is 24.5 Å². The number of hydrogen-bond donors (Lipinski definition) is 1. The molecule has 158 valence electrons. The van der Waals surface area contributed by atoms with Crippen LogP contribution in [0.2, 0.25) is 0 Å². The summed E-state index contributed by atoms with van der Waals surface area (Å²) >= 11 is 3.41. The number of hydrogen-bond acceptors (Lipinski definition) is 5. The molecule has 1 aliphatic rings. The lowest BCUT2D eigenvalue weighted by Crippen LogP contribution is -2.37. The van der Waals surface area contributed by atoms with Gasteiger partial charge >= 0.3 is 0 Å². The third kappa shape index (κ3) is 4.42. The summed E-state index contributed by atoms with van der Waals surface area (Å²) in [6, 6.07) is 9.31. The first kappa shape index (κ1) is 20.9. The molecule has 0 spiro atoms. The predicted molar refractivity (Wildman–Crippen MR) is 121 cm³/mol. The number of nitriles is 1. The summed E-state index contributed by atoms with van der Waals surface area (Å²) in [6.45, 7) is 3.31. The van der Waals surface area contributed by atoms with Crippen molar-refractivity contribution in [2.24, 2.45) is 0 Å². The summed E-state index contributed by atoms with van der Waals surface area (Å²) in [4.78, 5) is 22.0. The largest absolute Gasteiger partial charge is 0.490 e. The first-order chi connectivity index (χ1) is 15.1. The van der Waals surface area contributed by atoms with E-state index in [1.807, 2.05) is 25.3 Å². The number of amides is 1. The maximum atomic E-state index is 12.7. The summed E-state index contributed by atoms with van der Waals surface area (Å²) in [5.41, 5.74) is 3.66. The Balaban J connectivity index is 1.42. The van der Waals surface area contributed by atoms with Crippen molar-refractivity contribution in [3.8, 4) is 17.6 Å². The lowest BCUT2D eigenvalue weighted by Gasteiger charge is -2.26. The van der Waals surface area contributed by atoms with E-state index in [1.54, 1.807) is 23.2 Å². The van der Waals surface area contributed by atoms with Gasteiger partial charge < -0.3 is 19.4 Å². The van der Waals surface area contributed by atoms with E-state index in [1.165, 1.54) is 5.57 Å². The highest BCUT2D eigenvalue weighted by Crippen LogP contribution is 2.37. The van der Waals surface area contributed by atoms with E-state index < -0.39 is 0 Å². The van der Waals surface area contributed by atoms with Crippen molar-refractivity contribution in [1.29, 1.82) is 5.26 Å². The van der Waals surface area contributed by atoms with Gasteiger partial charge in [0.15, 0.2) is 18.1 Å². The van der Waals surface area contributed by atoms with Crippen LogP contribution in [0.3, 0.4) is 0 Å². The minimum absolute atomic E-state index is 0.102. The topological polar surface area (TPSA) is 91.2 Å². The highest BCUT2D eigenvalue weighted by Gasteiger charge is 2.21. The van der Waals surface area contributed by atoms with Crippen LogP contribution in [0.5, 0.6) is 11.5 Å². The number of aromatic amines is 1. The van der Waals surface area contributed by atoms with E-state index in [0.29, 0.717) is 41.2 Å². The highest BCUT2D eigenvalue weighted by atomic mass is 79.9. The standard InChI is InChI=1S/C23H21BrN4O3/c1-2-30-20-11-15(12-25)10-19(24)22(20)31-14-21(29)28-8-5-16(6-9-28)18-13-27-23-17(18)4-3-7-26-23/h3-5,7,10-11,13H,2,6,8-9,14H2,1H3,(H,26,27). The van der Waals surface area contributed by atoms with Gasteiger partial charge in [0.05, 0.1) is 22.7 Å². The van der Waals surface area contributed by atoms with Crippen LogP contribution >= 0.6 is 15.9 Å². The smallest absolute Gasteiger partial charge is 0.260 e. The van der Waals surface area contributed by atoms with Gasteiger partial charge in [-0.25, -0.2) is 4.98 Å². The number of nitrogens with one attached hydrogen (secondary N) is 1. The van der Waals surface area contributed by atoms with Crippen molar-refractivity contribution in [3.63, 3.8) is 0 Å². The molecule has 0 saturated heterocycles. The number of aromatic nitrogens is 2. The minimum Gasteiger partial charge on any atom is -0.490 e. The van der Waals surface area contributed by atoms with Gasteiger partial charge in [0.1, 0.15) is 5.65 Å². The molecule has 0 saturated carbocycles. The quantitative estimate of drug-likeness (QED) is 0.567. The number of carbonyl (C=O) groups excluding carboxylic acids is 1. The Hall–Kier alpha value is -3.31. The molecule has 1 N–H and O–H groups in total. The molecular weight excluding hydrogens is 460 g/mol. The number of H-pyrrole nitrogens is 1. The van der Waals surface area contributed by atoms with Crippen LogP contribution in [-0.4, -0.2) is 47.1 Å². The zero-order valence-electron chi connectivity index (χ0n) is 17.0. The summed E-state index contributed by atoms with van der Waals surface area (Å²) < 4.78 is 11.9. The molecule has 1 aromatic carbocycles. The number of halogens is 1. The van der Waals surface area contributed by atoms with Gasteiger partial charge in [-0.3, -0.25) is 4.79 Å². The number of rotatable bonds is 6. The van der Waals surface area contributed by atoms with Crippen molar-refractivity contribution in [2.45, 2.75) is 13.3 Å². The Kier molecular flexibility index (Phi) is 6.23. The molecule has 4 rings (SSSR count). The van der Waals surface area contributed by atoms with Gasteiger partial charge in [-0.2, -0.15) is 5.26 Å². The van der Waals surface area contributed by atoms with Crippen molar-refractivity contribution >= 4 is 38.4 Å². The van der Waals surface area contributed by atoms with Crippen LogP contribution in [0.15, 0.2) is 47.2 Å². The molecule has 3 aromatic rings. The summed E-state index contributed by atoms with van der Waals surface area (Å²) in [5.74, 6) is 0.762. The second-order valence-corrected chi connectivity index (χ2v) is 7.89. The Labute approximate surface area is 188 Å². The lowest BCUT2D eigenvalue weighted by molar-refractivity contribution is -0.132. The highest BCUT2D eigenvalue weighted by molar-refractivity contribution is 9.10. The first-order valence-corrected chi connectivity index (χ1v) is 10.8. The second-order valence-electron chi connectivity index (χ2n) is 7.04. The number of ether oxygens (including phenoxy) is 2. The van der Waals surface area contributed by atoms with Crippen LogP contribution in [-0.2, 0) is 4.79 Å². The Morgan fingerprint density at radius 2 is 2.26 bits per heavy atom. The molecule has 0 fully saturated rings. The average molecular weight is 481 g/mol. The molecule has 0 radical (unpaired) electrons. The summed E-state index contributed by atoms with van der Waals surface area (Å²) in [5, 5.41) is 10.2. The molecule has 0 unspecified atom stereocenters. The molecule has 0 bridgehead atoms. The Bertz CT molecular complexity index is 1200. The Morgan fingerprint density at radius 3 is 3.00 bits per heavy atom. The fourth-order valence-corrected chi connectivity index (χ4v) is 4.18. The van der Waals surface area contributed by atoms with Gasteiger partial charge in [0, 0.05) is 42.5 Å².